The van der Waals surface area contributed by atoms with Crippen LogP contribution < -0.4 is 5.32 Å². The Kier molecular flexibility index (Phi) is 9.63. The second kappa shape index (κ2) is 13.5. The van der Waals surface area contributed by atoms with Gasteiger partial charge in [-0.25, -0.2) is 4.39 Å². The van der Waals surface area contributed by atoms with Crippen LogP contribution in [0, 0.1) is 5.82 Å². The highest BCUT2D eigenvalue weighted by atomic mass is 19.1. The number of nitrogens with zero attached hydrogens (tertiary/aromatic N) is 1. The zero-order chi connectivity index (χ0) is 26.7. The third-order valence-electron chi connectivity index (χ3n) is 6.89. The minimum atomic E-state index is -0.756. The highest BCUT2D eigenvalue weighted by Crippen LogP contribution is 2.22. The number of hydrogen-bond acceptors (Lipinski definition) is 2. The first kappa shape index (κ1) is 27.1. The lowest BCUT2D eigenvalue weighted by atomic mass is 9.99. The predicted octanol–water partition coefficient (Wildman–Crippen LogP) is 6.47. The van der Waals surface area contributed by atoms with E-state index in [-0.39, 0.29) is 30.6 Å². The van der Waals surface area contributed by atoms with Crippen molar-refractivity contribution in [3.8, 4) is 0 Å². The maximum atomic E-state index is 14.7. The van der Waals surface area contributed by atoms with E-state index in [0.29, 0.717) is 24.9 Å². The molecular weight excluding hydrogens is 475 g/mol. The molecular formula is C33H35FN2O2. The molecule has 0 heterocycles. The van der Waals surface area contributed by atoms with E-state index in [4.69, 9.17) is 0 Å². The van der Waals surface area contributed by atoms with E-state index >= 15 is 0 Å². The number of unbranched alkanes of at least 4 members (excludes halogenated alkanes) is 1. The molecule has 0 saturated heterocycles. The molecule has 38 heavy (non-hydrogen) atoms. The third-order valence-corrected chi connectivity index (χ3v) is 6.89. The molecule has 0 aliphatic heterocycles. The van der Waals surface area contributed by atoms with Crippen LogP contribution in [0.1, 0.15) is 42.9 Å². The highest BCUT2D eigenvalue weighted by molar-refractivity contribution is 5.89. The minimum Gasteiger partial charge on any atom is -0.354 e. The fourth-order valence-electron chi connectivity index (χ4n) is 4.77. The summed E-state index contributed by atoms with van der Waals surface area (Å²) in [5.74, 6) is -0.769. The van der Waals surface area contributed by atoms with Crippen molar-refractivity contribution in [2.75, 3.05) is 6.54 Å². The lowest BCUT2D eigenvalue weighted by Crippen LogP contribution is -2.50. The number of rotatable bonds is 12. The SMILES string of the molecule is CCCCNC(=O)[C@H](Cc1ccccc1)N(Cc1ccccc1F)C(=O)CCc1cccc2ccccc12. The lowest BCUT2D eigenvalue weighted by molar-refractivity contribution is -0.141. The van der Waals surface area contributed by atoms with Crippen molar-refractivity contribution < 1.29 is 14.0 Å². The average Bonchev–Trinajstić information content (AvgIpc) is 2.95. The Morgan fingerprint density at radius 1 is 0.842 bits per heavy atom. The van der Waals surface area contributed by atoms with Gasteiger partial charge in [-0.1, -0.05) is 104 Å². The molecule has 4 aromatic carbocycles. The van der Waals surface area contributed by atoms with E-state index in [1.165, 1.54) is 6.07 Å². The molecule has 0 spiro atoms. The lowest BCUT2D eigenvalue weighted by Gasteiger charge is -2.32. The van der Waals surface area contributed by atoms with Gasteiger partial charge in [-0.3, -0.25) is 9.59 Å². The molecule has 0 aliphatic rings. The van der Waals surface area contributed by atoms with Crippen LogP contribution in [-0.4, -0.2) is 29.3 Å². The van der Waals surface area contributed by atoms with Crippen molar-refractivity contribution in [1.29, 1.82) is 0 Å². The molecule has 0 unspecified atom stereocenters. The summed E-state index contributed by atoms with van der Waals surface area (Å²) >= 11 is 0. The predicted molar refractivity (Wildman–Crippen MR) is 151 cm³/mol. The summed E-state index contributed by atoms with van der Waals surface area (Å²) < 4.78 is 14.7. The quantitative estimate of drug-likeness (QED) is 0.222. The fourth-order valence-corrected chi connectivity index (χ4v) is 4.77. The van der Waals surface area contributed by atoms with Gasteiger partial charge in [-0.15, -0.1) is 0 Å². The number of nitrogens with one attached hydrogen (secondary N) is 1. The van der Waals surface area contributed by atoms with Gasteiger partial charge in [0.25, 0.3) is 0 Å². The molecule has 4 rings (SSSR count). The summed E-state index contributed by atoms with van der Waals surface area (Å²) in [6.07, 6.45) is 2.91. The van der Waals surface area contributed by atoms with Crippen molar-refractivity contribution in [3.05, 3.63) is 120 Å². The van der Waals surface area contributed by atoms with Crippen LogP contribution in [0.4, 0.5) is 4.39 Å². The van der Waals surface area contributed by atoms with Gasteiger partial charge < -0.3 is 10.2 Å². The van der Waals surface area contributed by atoms with Gasteiger partial charge in [-0.2, -0.15) is 0 Å². The topological polar surface area (TPSA) is 49.4 Å². The first-order chi connectivity index (χ1) is 18.6. The molecule has 196 valence electrons. The smallest absolute Gasteiger partial charge is 0.243 e. The number of benzene rings is 4. The molecule has 2 amide bonds. The first-order valence-electron chi connectivity index (χ1n) is 13.4. The largest absolute Gasteiger partial charge is 0.354 e. The summed E-state index contributed by atoms with van der Waals surface area (Å²) in [6, 6.07) is 29.6. The average molecular weight is 511 g/mol. The summed E-state index contributed by atoms with van der Waals surface area (Å²) in [4.78, 5) is 28.9. The van der Waals surface area contributed by atoms with Crippen LogP contribution in [0.3, 0.4) is 0 Å². The second-order valence-corrected chi connectivity index (χ2v) is 9.60. The van der Waals surface area contributed by atoms with Crippen molar-refractivity contribution >= 4 is 22.6 Å². The van der Waals surface area contributed by atoms with Crippen LogP contribution in [0.2, 0.25) is 0 Å². The number of fused-ring (bicyclic) bond motifs is 1. The van der Waals surface area contributed by atoms with Gasteiger partial charge in [0.2, 0.25) is 11.8 Å². The summed E-state index contributed by atoms with van der Waals surface area (Å²) in [7, 11) is 0. The maximum Gasteiger partial charge on any atom is 0.243 e. The normalized spacial score (nSPS) is 11.7. The number of halogens is 1. The van der Waals surface area contributed by atoms with Crippen LogP contribution in [0.15, 0.2) is 97.1 Å². The number of hydrogen-bond donors (Lipinski definition) is 1. The van der Waals surface area contributed by atoms with Crippen LogP contribution in [0.5, 0.6) is 0 Å². The van der Waals surface area contributed by atoms with E-state index in [2.05, 4.69) is 30.4 Å². The molecule has 0 radical (unpaired) electrons. The standard InChI is InChI=1S/C33H35FN2O2/c1-2-3-22-35-33(38)31(23-25-12-5-4-6-13-25)36(24-28-15-8-10-19-30(28)34)32(37)21-20-27-17-11-16-26-14-7-9-18-29(26)27/h4-19,31H,2-3,20-24H2,1H3,(H,35,38)/t31-/m0/s1. The molecule has 0 fully saturated rings. The Morgan fingerprint density at radius 2 is 1.53 bits per heavy atom. The van der Waals surface area contributed by atoms with Crippen molar-refractivity contribution in [2.24, 2.45) is 0 Å². The van der Waals surface area contributed by atoms with Crippen molar-refractivity contribution in [3.63, 3.8) is 0 Å². The monoisotopic (exact) mass is 510 g/mol. The van der Waals surface area contributed by atoms with Gasteiger partial charge in [-0.05, 0) is 40.8 Å². The van der Waals surface area contributed by atoms with E-state index in [9.17, 15) is 14.0 Å². The molecule has 4 aromatic rings. The molecule has 0 aliphatic carbocycles. The zero-order valence-corrected chi connectivity index (χ0v) is 21.9. The number of carbonyl (C=O) groups excluding carboxylic acids is 2. The van der Waals surface area contributed by atoms with E-state index in [1.807, 2.05) is 54.6 Å². The Bertz CT molecular complexity index is 1350. The molecule has 1 atom stereocenters. The van der Waals surface area contributed by atoms with Gasteiger partial charge >= 0.3 is 0 Å². The zero-order valence-electron chi connectivity index (χ0n) is 21.9. The molecule has 0 bridgehead atoms. The molecule has 5 heteroatoms. The summed E-state index contributed by atoms with van der Waals surface area (Å²) in [6.45, 7) is 2.63. The molecule has 4 nitrogen and oxygen atoms in total. The van der Waals surface area contributed by atoms with E-state index in [1.54, 1.807) is 23.1 Å². The molecule has 1 N–H and O–H groups in total. The van der Waals surface area contributed by atoms with Gasteiger partial charge in [0.05, 0.1) is 0 Å². The van der Waals surface area contributed by atoms with Crippen LogP contribution in [0.25, 0.3) is 10.8 Å². The Balaban J connectivity index is 1.63. The van der Waals surface area contributed by atoms with Crippen LogP contribution >= 0.6 is 0 Å². The molecule has 0 saturated carbocycles. The minimum absolute atomic E-state index is 0.0275. The number of aryl methyl sites for hydroxylation is 1. The van der Waals surface area contributed by atoms with Gasteiger partial charge in [0, 0.05) is 31.5 Å². The Morgan fingerprint density at radius 3 is 2.32 bits per heavy atom. The summed E-state index contributed by atoms with van der Waals surface area (Å²) in [5.41, 5.74) is 2.42. The van der Waals surface area contributed by atoms with E-state index < -0.39 is 6.04 Å². The van der Waals surface area contributed by atoms with Crippen molar-refractivity contribution in [1.82, 2.24) is 10.2 Å². The van der Waals surface area contributed by atoms with Crippen molar-refractivity contribution in [2.45, 2.75) is 51.6 Å². The Labute approximate surface area is 224 Å². The highest BCUT2D eigenvalue weighted by Gasteiger charge is 2.30. The number of carbonyl (C=O) groups is 2. The van der Waals surface area contributed by atoms with E-state index in [0.717, 1.165) is 34.7 Å². The van der Waals surface area contributed by atoms with Gasteiger partial charge in [0.1, 0.15) is 11.9 Å². The first-order valence-corrected chi connectivity index (χ1v) is 13.4. The van der Waals surface area contributed by atoms with Gasteiger partial charge in [0.15, 0.2) is 0 Å². The second-order valence-electron chi connectivity index (χ2n) is 9.60. The number of amides is 2. The van der Waals surface area contributed by atoms with Crippen LogP contribution in [-0.2, 0) is 29.0 Å². The maximum absolute atomic E-state index is 14.7. The fraction of sp³-hybridized carbons (Fsp3) is 0.273. The molecule has 0 aromatic heterocycles. The Hall–Kier alpha value is -3.99. The summed E-state index contributed by atoms with van der Waals surface area (Å²) in [5, 5.41) is 5.25. The third kappa shape index (κ3) is 7.06.